The van der Waals surface area contributed by atoms with E-state index in [0.717, 1.165) is 25.9 Å². The van der Waals surface area contributed by atoms with E-state index in [4.69, 9.17) is 10.00 Å². The lowest BCUT2D eigenvalue weighted by Crippen LogP contribution is -2.38. The monoisotopic (exact) mass is 272 g/mol. The summed E-state index contributed by atoms with van der Waals surface area (Å²) in [4.78, 5) is 0. The van der Waals surface area contributed by atoms with Gasteiger partial charge in [-0.05, 0) is 57.2 Å². The SMILES string of the molecule is CNC(C)(C#N)CCCOC1CCCc2ccccc21. The van der Waals surface area contributed by atoms with Gasteiger partial charge in [-0.1, -0.05) is 24.3 Å². The van der Waals surface area contributed by atoms with Gasteiger partial charge in [0.2, 0.25) is 0 Å². The quantitative estimate of drug-likeness (QED) is 0.808. The topological polar surface area (TPSA) is 45.0 Å². The summed E-state index contributed by atoms with van der Waals surface area (Å²) in [5.74, 6) is 0. The fourth-order valence-electron chi connectivity index (χ4n) is 2.77. The van der Waals surface area contributed by atoms with E-state index >= 15 is 0 Å². The first-order valence-corrected chi connectivity index (χ1v) is 7.48. The highest BCUT2D eigenvalue weighted by molar-refractivity contribution is 5.31. The average Bonchev–Trinajstić information content (AvgIpc) is 2.51. The van der Waals surface area contributed by atoms with Crippen molar-refractivity contribution in [2.24, 2.45) is 0 Å². The molecular weight excluding hydrogens is 248 g/mol. The highest BCUT2D eigenvalue weighted by atomic mass is 16.5. The molecule has 0 amide bonds. The summed E-state index contributed by atoms with van der Waals surface area (Å²) in [6, 6.07) is 10.9. The van der Waals surface area contributed by atoms with Crippen LogP contribution in [0, 0.1) is 11.3 Å². The van der Waals surface area contributed by atoms with Gasteiger partial charge < -0.3 is 10.1 Å². The molecule has 2 rings (SSSR count). The lowest BCUT2D eigenvalue weighted by molar-refractivity contribution is 0.0366. The smallest absolute Gasteiger partial charge is 0.103 e. The van der Waals surface area contributed by atoms with Crippen molar-refractivity contribution in [1.29, 1.82) is 5.26 Å². The first kappa shape index (κ1) is 15.0. The Bertz CT molecular complexity index is 480. The van der Waals surface area contributed by atoms with E-state index in [-0.39, 0.29) is 6.10 Å². The van der Waals surface area contributed by atoms with Crippen LogP contribution in [0.2, 0.25) is 0 Å². The molecule has 0 saturated heterocycles. The Balaban J connectivity index is 1.83. The van der Waals surface area contributed by atoms with Crippen molar-refractivity contribution in [3.8, 4) is 6.07 Å². The van der Waals surface area contributed by atoms with Gasteiger partial charge in [0.25, 0.3) is 0 Å². The number of nitriles is 1. The molecule has 108 valence electrons. The molecule has 0 fully saturated rings. The molecule has 1 aromatic carbocycles. The van der Waals surface area contributed by atoms with E-state index in [9.17, 15) is 0 Å². The predicted octanol–water partition coefficient (Wildman–Crippen LogP) is 3.36. The fraction of sp³-hybridized carbons (Fsp3) is 0.588. The average molecular weight is 272 g/mol. The van der Waals surface area contributed by atoms with Crippen LogP contribution >= 0.6 is 0 Å². The van der Waals surface area contributed by atoms with Crippen LogP contribution in [-0.2, 0) is 11.2 Å². The molecule has 2 atom stereocenters. The third-order valence-electron chi connectivity index (χ3n) is 4.25. The third-order valence-corrected chi connectivity index (χ3v) is 4.25. The van der Waals surface area contributed by atoms with Crippen LogP contribution in [-0.4, -0.2) is 19.2 Å². The summed E-state index contributed by atoms with van der Waals surface area (Å²) in [5, 5.41) is 12.2. The zero-order valence-corrected chi connectivity index (χ0v) is 12.5. The van der Waals surface area contributed by atoms with Crippen LogP contribution in [0.5, 0.6) is 0 Å². The molecular formula is C17H24N2O. The van der Waals surface area contributed by atoms with Crippen molar-refractivity contribution in [3.05, 3.63) is 35.4 Å². The normalized spacial score (nSPS) is 20.8. The highest BCUT2D eigenvalue weighted by Crippen LogP contribution is 2.32. The predicted molar refractivity (Wildman–Crippen MR) is 80.4 cm³/mol. The lowest BCUT2D eigenvalue weighted by Gasteiger charge is -2.26. The van der Waals surface area contributed by atoms with Gasteiger partial charge in [-0.25, -0.2) is 0 Å². The summed E-state index contributed by atoms with van der Waals surface area (Å²) < 4.78 is 6.06. The van der Waals surface area contributed by atoms with Crippen LogP contribution < -0.4 is 5.32 Å². The molecule has 0 aromatic heterocycles. The summed E-state index contributed by atoms with van der Waals surface area (Å²) >= 11 is 0. The first-order valence-electron chi connectivity index (χ1n) is 7.48. The van der Waals surface area contributed by atoms with Crippen molar-refractivity contribution < 1.29 is 4.74 Å². The van der Waals surface area contributed by atoms with E-state index in [0.29, 0.717) is 0 Å². The van der Waals surface area contributed by atoms with Gasteiger partial charge >= 0.3 is 0 Å². The van der Waals surface area contributed by atoms with Crippen LogP contribution in [0.3, 0.4) is 0 Å². The molecule has 0 aliphatic heterocycles. The molecule has 1 aliphatic carbocycles. The van der Waals surface area contributed by atoms with Gasteiger partial charge in [0.15, 0.2) is 0 Å². The summed E-state index contributed by atoms with van der Waals surface area (Å²) in [6.07, 6.45) is 5.44. The number of aryl methyl sites for hydroxylation is 1. The van der Waals surface area contributed by atoms with Crippen LogP contribution in [0.15, 0.2) is 24.3 Å². The Kier molecular flexibility index (Phi) is 5.17. The Morgan fingerprint density at radius 3 is 3.00 bits per heavy atom. The maximum atomic E-state index is 9.11. The maximum Gasteiger partial charge on any atom is 0.103 e. The molecule has 2 unspecified atom stereocenters. The Labute approximate surface area is 121 Å². The van der Waals surface area contributed by atoms with E-state index in [2.05, 4.69) is 35.7 Å². The van der Waals surface area contributed by atoms with Crippen LogP contribution in [0.25, 0.3) is 0 Å². The number of hydrogen-bond acceptors (Lipinski definition) is 3. The van der Waals surface area contributed by atoms with Crippen molar-refractivity contribution in [3.63, 3.8) is 0 Å². The number of hydrogen-bond donors (Lipinski definition) is 1. The van der Waals surface area contributed by atoms with Gasteiger partial charge in [-0.3, -0.25) is 0 Å². The van der Waals surface area contributed by atoms with E-state index in [1.165, 1.54) is 24.0 Å². The first-order chi connectivity index (χ1) is 9.68. The highest BCUT2D eigenvalue weighted by Gasteiger charge is 2.22. The summed E-state index contributed by atoms with van der Waals surface area (Å²) in [5.41, 5.74) is 2.35. The molecule has 0 heterocycles. The number of ether oxygens (including phenoxy) is 1. The number of benzene rings is 1. The number of fused-ring (bicyclic) bond motifs is 1. The Morgan fingerprint density at radius 1 is 1.45 bits per heavy atom. The van der Waals surface area contributed by atoms with Crippen LogP contribution in [0.4, 0.5) is 0 Å². The van der Waals surface area contributed by atoms with E-state index < -0.39 is 5.54 Å². The van der Waals surface area contributed by atoms with Crippen molar-refractivity contribution in [1.82, 2.24) is 5.32 Å². The molecule has 1 N–H and O–H groups in total. The zero-order chi connectivity index (χ0) is 14.4. The number of rotatable bonds is 6. The largest absolute Gasteiger partial charge is 0.374 e. The molecule has 0 spiro atoms. The van der Waals surface area contributed by atoms with Crippen molar-refractivity contribution >= 4 is 0 Å². The van der Waals surface area contributed by atoms with Gasteiger partial charge in [0, 0.05) is 6.61 Å². The second kappa shape index (κ2) is 6.88. The van der Waals surface area contributed by atoms with Crippen molar-refractivity contribution in [2.75, 3.05) is 13.7 Å². The Hall–Kier alpha value is -1.37. The van der Waals surface area contributed by atoms with Gasteiger partial charge in [-0.2, -0.15) is 5.26 Å². The maximum absolute atomic E-state index is 9.11. The molecule has 3 nitrogen and oxygen atoms in total. The number of nitrogens with one attached hydrogen (secondary N) is 1. The minimum Gasteiger partial charge on any atom is -0.374 e. The van der Waals surface area contributed by atoms with E-state index in [1.807, 2.05) is 14.0 Å². The van der Waals surface area contributed by atoms with Gasteiger partial charge in [0.05, 0.1) is 12.2 Å². The Morgan fingerprint density at radius 2 is 2.25 bits per heavy atom. The molecule has 1 aliphatic rings. The lowest BCUT2D eigenvalue weighted by atomic mass is 9.89. The minimum absolute atomic E-state index is 0.239. The second-order valence-electron chi connectivity index (χ2n) is 5.75. The standard InChI is InChI=1S/C17H24N2O/c1-17(13-18,19-2)11-6-12-20-16-10-5-8-14-7-3-4-9-15(14)16/h3-4,7,9,16,19H,5-6,8,10-12H2,1-2H3. The minimum atomic E-state index is -0.437. The molecule has 0 saturated carbocycles. The van der Waals surface area contributed by atoms with Gasteiger partial charge in [-0.15, -0.1) is 0 Å². The molecule has 0 bridgehead atoms. The fourth-order valence-corrected chi connectivity index (χ4v) is 2.77. The molecule has 20 heavy (non-hydrogen) atoms. The number of nitrogens with zero attached hydrogens (tertiary/aromatic N) is 1. The molecule has 0 radical (unpaired) electrons. The van der Waals surface area contributed by atoms with E-state index in [1.54, 1.807) is 0 Å². The van der Waals surface area contributed by atoms with Gasteiger partial charge in [0.1, 0.15) is 5.54 Å². The molecule has 3 heteroatoms. The van der Waals surface area contributed by atoms with Crippen molar-refractivity contribution in [2.45, 2.75) is 50.7 Å². The summed E-state index contributed by atoms with van der Waals surface area (Å²) in [6.45, 7) is 2.65. The third kappa shape index (κ3) is 3.59. The molecule has 1 aromatic rings. The van der Waals surface area contributed by atoms with Crippen LogP contribution in [0.1, 0.15) is 49.8 Å². The zero-order valence-electron chi connectivity index (χ0n) is 12.5. The summed E-state index contributed by atoms with van der Waals surface area (Å²) in [7, 11) is 1.83. The second-order valence-corrected chi connectivity index (χ2v) is 5.75.